The molecule has 0 aliphatic rings. The van der Waals surface area contributed by atoms with Crippen molar-refractivity contribution in [3.8, 4) is 17.2 Å². The van der Waals surface area contributed by atoms with Gasteiger partial charge in [-0.15, -0.1) is 0 Å². The van der Waals surface area contributed by atoms with E-state index in [1.165, 1.54) is 26.4 Å². The van der Waals surface area contributed by atoms with Crippen LogP contribution in [0.4, 0.5) is 8.78 Å². The number of rotatable bonds is 7. The van der Waals surface area contributed by atoms with E-state index in [1.807, 2.05) is 0 Å². The van der Waals surface area contributed by atoms with Crippen LogP contribution in [-0.4, -0.2) is 43.5 Å². The first-order valence-electron chi connectivity index (χ1n) is 5.57. The monoisotopic (exact) mass is 277 g/mol. The normalized spacial score (nSPS) is 11.4. The van der Waals surface area contributed by atoms with E-state index in [0.717, 1.165) is 0 Å². The quantitative estimate of drug-likeness (QED) is 0.697. The van der Waals surface area contributed by atoms with Crippen molar-refractivity contribution in [2.75, 3.05) is 27.4 Å². The van der Waals surface area contributed by atoms with Crippen LogP contribution in [0, 0.1) is 0 Å². The van der Waals surface area contributed by atoms with Crippen molar-refractivity contribution in [2.45, 2.75) is 12.5 Å². The third-order valence-corrected chi connectivity index (χ3v) is 2.48. The Balaban J connectivity index is 2.74. The predicted octanol–water partition coefficient (Wildman–Crippen LogP) is 1.13. The Hall–Kier alpha value is -1.60. The van der Waals surface area contributed by atoms with Crippen LogP contribution in [0.15, 0.2) is 12.1 Å². The number of hydrogen-bond acceptors (Lipinski definition) is 5. The Morgan fingerprint density at radius 3 is 2.16 bits per heavy atom. The molecule has 0 atom stereocenters. The molecule has 3 N–H and O–H groups in total. The molecule has 7 heteroatoms. The number of aromatic hydroxyl groups is 1. The van der Waals surface area contributed by atoms with E-state index < -0.39 is 19.1 Å². The summed E-state index contributed by atoms with van der Waals surface area (Å²) in [4.78, 5) is 0. The molecule has 0 aliphatic heterocycles. The maximum absolute atomic E-state index is 12.8. The molecule has 0 spiro atoms. The van der Waals surface area contributed by atoms with Gasteiger partial charge in [0.05, 0.1) is 20.8 Å². The van der Waals surface area contributed by atoms with Crippen molar-refractivity contribution in [1.29, 1.82) is 0 Å². The summed E-state index contributed by atoms with van der Waals surface area (Å²) in [6, 6.07) is 3.03. The zero-order chi connectivity index (χ0) is 14.5. The maximum Gasteiger partial charge on any atom is 0.282 e. The average molecular weight is 277 g/mol. The molecule has 0 bridgehead atoms. The number of hydrogen-bond donors (Lipinski definition) is 3. The molecule has 0 saturated heterocycles. The number of methoxy groups -OCH3 is 2. The molecule has 0 aromatic heterocycles. The predicted molar refractivity (Wildman–Crippen MR) is 65.0 cm³/mol. The number of ether oxygens (including phenoxy) is 2. The maximum atomic E-state index is 12.8. The molecular weight excluding hydrogens is 260 g/mol. The van der Waals surface area contributed by atoms with Gasteiger partial charge in [0.15, 0.2) is 11.5 Å². The number of phenolic OH excluding ortho intramolecular Hbond substituents is 1. The molecule has 0 saturated carbocycles. The number of halogens is 2. The first-order valence-corrected chi connectivity index (χ1v) is 5.57. The molecule has 0 radical (unpaired) electrons. The van der Waals surface area contributed by atoms with Crippen molar-refractivity contribution in [3.05, 3.63) is 17.7 Å². The summed E-state index contributed by atoms with van der Waals surface area (Å²) < 4.78 is 35.5. The fraction of sp³-hybridized carbons (Fsp3) is 0.500. The Bertz CT molecular complexity index is 401. The number of nitrogens with one attached hydrogen (secondary N) is 1. The lowest BCUT2D eigenvalue weighted by Gasteiger charge is -2.15. The van der Waals surface area contributed by atoms with Gasteiger partial charge in [0.25, 0.3) is 5.92 Å². The number of phenols is 1. The topological polar surface area (TPSA) is 71.0 Å². The van der Waals surface area contributed by atoms with Gasteiger partial charge in [-0.05, 0) is 17.7 Å². The molecule has 0 amide bonds. The van der Waals surface area contributed by atoms with Crippen molar-refractivity contribution < 1.29 is 28.5 Å². The van der Waals surface area contributed by atoms with Gasteiger partial charge in [0.1, 0.15) is 6.61 Å². The molecule has 108 valence electrons. The molecule has 19 heavy (non-hydrogen) atoms. The van der Waals surface area contributed by atoms with E-state index in [4.69, 9.17) is 14.6 Å². The lowest BCUT2D eigenvalue weighted by atomic mass is 10.1. The van der Waals surface area contributed by atoms with Crippen LogP contribution < -0.4 is 14.8 Å². The highest BCUT2D eigenvalue weighted by Crippen LogP contribution is 2.37. The minimum Gasteiger partial charge on any atom is -0.502 e. The summed E-state index contributed by atoms with van der Waals surface area (Å²) in [5.41, 5.74) is 0.611. The van der Waals surface area contributed by atoms with Crippen molar-refractivity contribution >= 4 is 0 Å². The molecule has 1 aromatic carbocycles. The Kier molecular flexibility index (Phi) is 5.31. The zero-order valence-corrected chi connectivity index (χ0v) is 10.7. The molecule has 1 aromatic rings. The van der Waals surface area contributed by atoms with Gasteiger partial charge in [0, 0.05) is 6.54 Å². The highest BCUT2D eigenvalue weighted by atomic mass is 19.3. The second-order valence-corrected chi connectivity index (χ2v) is 3.97. The van der Waals surface area contributed by atoms with Crippen LogP contribution in [0.25, 0.3) is 0 Å². The van der Waals surface area contributed by atoms with Crippen LogP contribution >= 0.6 is 0 Å². The third-order valence-electron chi connectivity index (χ3n) is 2.48. The van der Waals surface area contributed by atoms with E-state index in [2.05, 4.69) is 5.32 Å². The van der Waals surface area contributed by atoms with Crippen molar-refractivity contribution in [1.82, 2.24) is 5.32 Å². The lowest BCUT2D eigenvalue weighted by molar-refractivity contribution is -0.0477. The van der Waals surface area contributed by atoms with Gasteiger partial charge in [0.2, 0.25) is 5.75 Å². The molecule has 1 rings (SSSR count). The Labute approximate surface area is 109 Å². The van der Waals surface area contributed by atoms with E-state index in [0.29, 0.717) is 5.56 Å². The zero-order valence-electron chi connectivity index (χ0n) is 10.7. The number of benzene rings is 1. The lowest BCUT2D eigenvalue weighted by Crippen LogP contribution is -2.35. The van der Waals surface area contributed by atoms with E-state index >= 15 is 0 Å². The second kappa shape index (κ2) is 6.53. The summed E-state index contributed by atoms with van der Waals surface area (Å²) in [6.45, 7) is -1.72. The average Bonchev–Trinajstić information content (AvgIpc) is 2.40. The molecule has 0 heterocycles. The molecule has 0 aliphatic carbocycles. The highest BCUT2D eigenvalue weighted by Gasteiger charge is 2.26. The van der Waals surface area contributed by atoms with Crippen molar-refractivity contribution in [2.24, 2.45) is 0 Å². The summed E-state index contributed by atoms with van der Waals surface area (Å²) >= 11 is 0. The van der Waals surface area contributed by atoms with Gasteiger partial charge in [-0.2, -0.15) is 0 Å². The van der Waals surface area contributed by atoms with E-state index in [1.54, 1.807) is 0 Å². The minimum absolute atomic E-state index is 0.128. The molecule has 0 unspecified atom stereocenters. The summed E-state index contributed by atoms with van der Waals surface area (Å²) in [5, 5.41) is 20.6. The van der Waals surface area contributed by atoms with Crippen LogP contribution in [0.1, 0.15) is 5.56 Å². The first-order chi connectivity index (χ1) is 8.93. The number of aliphatic hydroxyl groups is 1. The van der Waals surface area contributed by atoms with E-state index in [-0.39, 0.29) is 23.8 Å². The number of alkyl halides is 2. The molecule has 5 nitrogen and oxygen atoms in total. The fourth-order valence-corrected chi connectivity index (χ4v) is 1.50. The van der Waals surface area contributed by atoms with Gasteiger partial charge < -0.3 is 25.0 Å². The summed E-state index contributed by atoms with van der Waals surface area (Å²) in [7, 11) is 2.76. The van der Waals surface area contributed by atoms with Gasteiger partial charge in [-0.3, -0.25) is 0 Å². The minimum atomic E-state index is -3.16. The van der Waals surface area contributed by atoms with Gasteiger partial charge in [-0.1, -0.05) is 0 Å². The van der Waals surface area contributed by atoms with Gasteiger partial charge in [-0.25, -0.2) is 8.78 Å². The molecular formula is C12H17F2NO4. The summed E-state index contributed by atoms with van der Waals surface area (Å²) in [6.07, 6.45) is 0. The summed E-state index contributed by atoms with van der Waals surface area (Å²) in [5.74, 6) is -2.91. The molecule has 0 fully saturated rings. The highest BCUT2D eigenvalue weighted by molar-refractivity contribution is 5.52. The number of aliphatic hydroxyl groups excluding tert-OH is 1. The Morgan fingerprint density at radius 1 is 1.21 bits per heavy atom. The third kappa shape index (κ3) is 4.22. The van der Waals surface area contributed by atoms with Crippen LogP contribution in [-0.2, 0) is 6.54 Å². The Morgan fingerprint density at radius 2 is 1.74 bits per heavy atom. The van der Waals surface area contributed by atoms with E-state index in [9.17, 15) is 13.9 Å². The second-order valence-electron chi connectivity index (χ2n) is 3.97. The SMILES string of the molecule is COc1cc(CNCC(F)(F)CO)cc(OC)c1O. The standard InChI is InChI=1S/C12H17F2NO4/c1-18-9-3-8(4-10(19-2)11(9)17)5-15-6-12(13,14)7-16/h3-4,15-17H,5-7H2,1-2H3. The van der Waals surface area contributed by atoms with Gasteiger partial charge >= 0.3 is 0 Å². The van der Waals surface area contributed by atoms with Crippen LogP contribution in [0.2, 0.25) is 0 Å². The van der Waals surface area contributed by atoms with Crippen LogP contribution in [0.3, 0.4) is 0 Å². The fourth-order valence-electron chi connectivity index (χ4n) is 1.50. The smallest absolute Gasteiger partial charge is 0.282 e. The van der Waals surface area contributed by atoms with Crippen LogP contribution in [0.5, 0.6) is 17.2 Å². The largest absolute Gasteiger partial charge is 0.502 e. The first kappa shape index (κ1) is 15.5. The van der Waals surface area contributed by atoms with Crippen molar-refractivity contribution in [3.63, 3.8) is 0 Å².